The highest BCUT2D eigenvalue weighted by Crippen LogP contribution is 2.00. The first-order valence-corrected chi connectivity index (χ1v) is 3.60. The zero-order valence-electron chi connectivity index (χ0n) is 7.07. The van der Waals surface area contributed by atoms with Crippen molar-refractivity contribution < 1.29 is 14.6 Å². The van der Waals surface area contributed by atoms with Gasteiger partial charge in [-0.25, -0.2) is 4.79 Å². The van der Waals surface area contributed by atoms with Crippen molar-refractivity contribution in [2.75, 3.05) is 0 Å². The maximum Gasteiger partial charge on any atom is 0.349 e. The fraction of sp³-hybridized carbons (Fsp3) is 0.500. The summed E-state index contributed by atoms with van der Waals surface area (Å²) in [7, 11) is 0. The Bertz CT molecular complexity index is 227. The summed E-state index contributed by atoms with van der Waals surface area (Å²) in [5, 5.41) is 16.7. The lowest BCUT2D eigenvalue weighted by molar-refractivity contribution is -0.132. The van der Waals surface area contributed by atoms with Gasteiger partial charge < -0.3 is 9.84 Å². The van der Waals surface area contributed by atoms with Gasteiger partial charge in [0, 0.05) is 0 Å². The predicted molar refractivity (Wildman–Crippen MR) is 42.2 cm³/mol. The van der Waals surface area contributed by atoms with Crippen molar-refractivity contribution in [3.8, 4) is 6.07 Å². The second-order valence-corrected chi connectivity index (χ2v) is 2.30. The summed E-state index contributed by atoms with van der Waals surface area (Å²) >= 11 is 0. The van der Waals surface area contributed by atoms with Gasteiger partial charge in [-0.1, -0.05) is 6.92 Å². The minimum absolute atomic E-state index is 0.0623. The summed E-state index contributed by atoms with van der Waals surface area (Å²) in [5.41, 5.74) is -0.379. The van der Waals surface area contributed by atoms with Crippen molar-refractivity contribution in [2.24, 2.45) is 0 Å². The molecule has 0 rings (SSSR count). The van der Waals surface area contributed by atoms with Gasteiger partial charge in [-0.15, -0.1) is 0 Å². The molecule has 1 unspecified atom stereocenters. The molecule has 0 saturated carbocycles. The molecule has 1 N–H and O–H groups in total. The van der Waals surface area contributed by atoms with Crippen molar-refractivity contribution in [2.45, 2.75) is 26.4 Å². The van der Waals surface area contributed by atoms with Gasteiger partial charge in [-0.2, -0.15) is 5.26 Å². The van der Waals surface area contributed by atoms with Crippen LogP contribution in [0, 0.1) is 11.3 Å². The van der Waals surface area contributed by atoms with Crippen LogP contribution in [-0.2, 0) is 9.53 Å². The van der Waals surface area contributed by atoms with Crippen LogP contribution in [0.25, 0.3) is 0 Å². The van der Waals surface area contributed by atoms with Crippen LogP contribution in [0.1, 0.15) is 20.3 Å². The number of hydrogen-bond donors (Lipinski definition) is 1. The van der Waals surface area contributed by atoms with E-state index in [1.165, 1.54) is 6.07 Å². The summed E-state index contributed by atoms with van der Waals surface area (Å²) < 4.78 is 4.94. The third-order valence-electron chi connectivity index (χ3n) is 1.34. The Morgan fingerprint density at radius 2 is 2.42 bits per heavy atom. The number of nitrogens with zero attached hydrogens (tertiary/aromatic N) is 1. The third kappa shape index (κ3) is 3.62. The molecule has 66 valence electrons. The summed E-state index contributed by atoms with van der Waals surface area (Å²) in [6, 6.07) is 1.52. The molecule has 0 aliphatic heterocycles. The fourth-order valence-electron chi connectivity index (χ4n) is 0.405. The first kappa shape index (κ1) is 10.5. The Hall–Kier alpha value is -1.50. The lowest BCUT2D eigenvalue weighted by Gasteiger charge is -2.06. The lowest BCUT2D eigenvalue weighted by Crippen LogP contribution is -2.04. The van der Waals surface area contributed by atoms with Crippen molar-refractivity contribution in [1.29, 1.82) is 5.26 Å². The molecular weight excluding hydrogens is 158 g/mol. The number of aliphatic carboxylic acids is 1. The van der Waals surface area contributed by atoms with Gasteiger partial charge in [0.05, 0.1) is 6.10 Å². The van der Waals surface area contributed by atoms with Crippen LogP contribution in [0.4, 0.5) is 0 Å². The van der Waals surface area contributed by atoms with E-state index in [0.717, 1.165) is 12.7 Å². The van der Waals surface area contributed by atoms with Crippen molar-refractivity contribution in [3.05, 3.63) is 11.8 Å². The van der Waals surface area contributed by atoms with E-state index in [4.69, 9.17) is 15.1 Å². The second kappa shape index (κ2) is 5.19. The predicted octanol–water partition coefficient (Wildman–Crippen LogP) is 1.29. The van der Waals surface area contributed by atoms with Gasteiger partial charge >= 0.3 is 5.97 Å². The number of carbonyl (C=O) groups is 1. The van der Waals surface area contributed by atoms with E-state index in [9.17, 15) is 4.79 Å². The molecule has 0 spiro atoms. The van der Waals surface area contributed by atoms with Crippen LogP contribution >= 0.6 is 0 Å². The van der Waals surface area contributed by atoms with E-state index in [-0.39, 0.29) is 11.7 Å². The summed E-state index contributed by atoms with van der Waals surface area (Å²) in [4.78, 5) is 10.3. The first-order chi connectivity index (χ1) is 5.61. The number of hydrogen-bond acceptors (Lipinski definition) is 3. The zero-order valence-corrected chi connectivity index (χ0v) is 7.07. The molecule has 4 heteroatoms. The molecule has 0 amide bonds. The quantitative estimate of drug-likeness (QED) is 0.391. The molecule has 0 bridgehead atoms. The highest BCUT2D eigenvalue weighted by Gasteiger charge is 2.06. The highest BCUT2D eigenvalue weighted by molar-refractivity contribution is 5.90. The molecule has 0 aromatic carbocycles. The number of carboxylic acids is 1. The minimum atomic E-state index is -1.26. The molecule has 12 heavy (non-hydrogen) atoms. The van der Waals surface area contributed by atoms with Crippen LogP contribution < -0.4 is 0 Å². The van der Waals surface area contributed by atoms with E-state index in [1.807, 2.05) is 6.92 Å². The molecule has 0 radical (unpaired) electrons. The van der Waals surface area contributed by atoms with E-state index >= 15 is 0 Å². The third-order valence-corrected chi connectivity index (χ3v) is 1.34. The van der Waals surface area contributed by atoms with Gasteiger partial charge in [0.2, 0.25) is 0 Å². The largest absolute Gasteiger partial charge is 0.497 e. The van der Waals surface area contributed by atoms with Gasteiger partial charge in [0.15, 0.2) is 5.57 Å². The van der Waals surface area contributed by atoms with Gasteiger partial charge in [0.1, 0.15) is 12.3 Å². The molecular formula is C8H11NO3. The van der Waals surface area contributed by atoms with Gasteiger partial charge in [-0.3, -0.25) is 0 Å². The molecule has 0 aromatic heterocycles. The topological polar surface area (TPSA) is 70.3 Å². The fourth-order valence-corrected chi connectivity index (χ4v) is 0.405. The average Bonchev–Trinajstić information content (AvgIpc) is 2.04. The number of rotatable bonds is 4. The summed E-state index contributed by atoms with van der Waals surface area (Å²) in [6.45, 7) is 3.71. The smallest absolute Gasteiger partial charge is 0.349 e. The van der Waals surface area contributed by atoms with Crippen LogP contribution in [0.3, 0.4) is 0 Å². The normalized spacial score (nSPS) is 13.2. The molecule has 0 heterocycles. The Kier molecular flexibility index (Phi) is 4.54. The van der Waals surface area contributed by atoms with Crippen molar-refractivity contribution >= 4 is 5.97 Å². The Morgan fingerprint density at radius 1 is 1.83 bits per heavy atom. The van der Waals surface area contributed by atoms with Crippen LogP contribution in [0.5, 0.6) is 0 Å². The number of carboxylic acid groups (broad SMARTS) is 1. The highest BCUT2D eigenvalue weighted by atomic mass is 16.5. The maximum atomic E-state index is 10.3. The molecule has 0 saturated heterocycles. The Balaban J connectivity index is 4.15. The Labute approximate surface area is 71.1 Å². The molecule has 1 atom stereocenters. The number of ether oxygens (including phenoxy) is 1. The van der Waals surface area contributed by atoms with E-state index in [1.54, 1.807) is 6.92 Å². The van der Waals surface area contributed by atoms with Gasteiger partial charge in [-0.05, 0) is 13.3 Å². The van der Waals surface area contributed by atoms with Crippen LogP contribution in [0.2, 0.25) is 0 Å². The molecule has 0 fully saturated rings. The lowest BCUT2D eigenvalue weighted by atomic mass is 10.3. The number of nitriles is 1. The maximum absolute atomic E-state index is 10.3. The summed E-state index contributed by atoms with van der Waals surface area (Å²) in [6.07, 6.45) is 1.69. The van der Waals surface area contributed by atoms with Crippen molar-refractivity contribution in [3.63, 3.8) is 0 Å². The van der Waals surface area contributed by atoms with E-state index in [2.05, 4.69) is 0 Å². The van der Waals surface area contributed by atoms with Crippen LogP contribution in [-0.4, -0.2) is 17.2 Å². The minimum Gasteiger partial charge on any atom is -0.497 e. The first-order valence-electron chi connectivity index (χ1n) is 3.60. The SMILES string of the molecule is CCC(C)OC=C(C#N)C(=O)O. The van der Waals surface area contributed by atoms with E-state index in [0.29, 0.717) is 0 Å². The second-order valence-electron chi connectivity index (χ2n) is 2.30. The average molecular weight is 169 g/mol. The molecule has 0 aromatic rings. The van der Waals surface area contributed by atoms with E-state index < -0.39 is 5.97 Å². The summed E-state index contributed by atoms with van der Waals surface area (Å²) in [5.74, 6) is -1.26. The molecule has 4 nitrogen and oxygen atoms in total. The zero-order chi connectivity index (χ0) is 9.56. The monoisotopic (exact) mass is 169 g/mol. The molecule has 0 aliphatic rings. The standard InChI is InChI=1S/C8H11NO3/c1-3-6(2)12-5-7(4-9)8(10)11/h5-6H,3H2,1-2H3,(H,10,11). The van der Waals surface area contributed by atoms with Crippen LogP contribution in [0.15, 0.2) is 11.8 Å². The van der Waals surface area contributed by atoms with Gasteiger partial charge in [0.25, 0.3) is 0 Å². The van der Waals surface area contributed by atoms with Crippen molar-refractivity contribution in [1.82, 2.24) is 0 Å². The Morgan fingerprint density at radius 3 is 2.75 bits per heavy atom. The molecule has 0 aliphatic carbocycles.